The monoisotopic (exact) mass is 386 g/mol. The molecule has 24 heavy (non-hydrogen) atoms. The summed E-state index contributed by atoms with van der Waals surface area (Å²) in [7, 11) is -3.68. The maximum atomic E-state index is 12.4. The number of amides is 1. The highest BCUT2D eigenvalue weighted by molar-refractivity contribution is 7.89. The molecular weight excluding hydrogens is 371 g/mol. The van der Waals surface area contributed by atoms with Gasteiger partial charge in [0, 0.05) is 16.6 Å². The number of benzene rings is 2. The zero-order valence-electron chi connectivity index (χ0n) is 13.0. The number of anilines is 1. The topological polar surface area (TPSA) is 75.3 Å². The normalized spacial score (nSPS) is 11.5. The number of rotatable bonds is 5. The molecule has 0 saturated carbocycles. The number of carbonyl (C=O) groups is 1. The summed E-state index contributed by atoms with van der Waals surface area (Å²) in [6.07, 6.45) is 0. The summed E-state index contributed by atoms with van der Waals surface area (Å²) in [5, 5.41) is 3.37. The molecule has 0 fully saturated rings. The van der Waals surface area contributed by atoms with Gasteiger partial charge < -0.3 is 5.32 Å². The van der Waals surface area contributed by atoms with Crippen molar-refractivity contribution in [1.82, 2.24) is 4.72 Å². The van der Waals surface area contributed by atoms with Crippen LogP contribution in [0.15, 0.2) is 47.4 Å². The van der Waals surface area contributed by atoms with E-state index in [1.54, 1.807) is 26.0 Å². The largest absolute Gasteiger partial charge is 0.321 e. The van der Waals surface area contributed by atoms with Gasteiger partial charge in [-0.2, -0.15) is 0 Å². The van der Waals surface area contributed by atoms with Gasteiger partial charge in [-0.15, -0.1) is 0 Å². The lowest BCUT2D eigenvalue weighted by molar-refractivity contribution is 0.102. The Labute approximate surface area is 151 Å². The molecule has 0 unspecified atom stereocenters. The van der Waals surface area contributed by atoms with Gasteiger partial charge in [-0.1, -0.05) is 29.3 Å². The first-order chi connectivity index (χ1) is 11.2. The third kappa shape index (κ3) is 4.70. The van der Waals surface area contributed by atoms with Gasteiger partial charge in [-0.3, -0.25) is 4.79 Å². The minimum absolute atomic E-state index is 0.0149. The summed E-state index contributed by atoms with van der Waals surface area (Å²) in [5.41, 5.74) is 0.542. The van der Waals surface area contributed by atoms with E-state index in [4.69, 9.17) is 23.2 Å². The predicted molar refractivity (Wildman–Crippen MR) is 96.3 cm³/mol. The Kier molecular flexibility index (Phi) is 5.87. The maximum absolute atomic E-state index is 12.4. The SMILES string of the molecule is CC(C)NS(=O)(=O)c1cccc(C(=O)Nc2cc(Cl)ccc2Cl)c1. The zero-order chi connectivity index (χ0) is 17.9. The molecule has 5 nitrogen and oxygen atoms in total. The lowest BCUT2D eigenvalue weighted by Crippen LogP contribution is -2.30. The molecule has 0 aliphatic heterocycles. The number of carbonyl (C=O) groups excluding carboxylic acids is 1. The van der Waals surface area contributed by atoms with Crippen molar-refractivity contribution in [2.24, 2.45) is 0 Å². The van der Waals surface area contributed by atoms with Crippen molar-refractivity contribution >= 4 is 44.8 Å². The lowest BCUT2D eigenvalue weighted by atomic mass is 10.2. The van der Waals surface area contributed by atoms with Gasteiger partial charge in [0.05, 0.1) is 15.6 Å². The summed E-state index contributed by atoms with van der Waals surface area (Å²) in [6, 6.07) is 10.2. The molecule has 2 rings (SSSR count). The fraction of sp³-hybridized carbons (Fsp3) is 0.188. The van der Waals surface area contributed by atoms with Crippen LogP contribution in [0.1, 0.15) is 24.2 Å². The molecule has 8 heteroatoms. The molecular formula is C16H16Cl2N2O3S. The van der Waals surface area contributed by atoms with E-state index >= 15 is 0 Å². The lowest BCUT2D eigenvalue weighted by Gasteiger charge is -2.11. The molecule has 0 aliphatic rings. The van der Waals surface area contributed by atoms with E-state index in [1.807, 2.05) is 0 Å². The Morgan fingerprint density at radius 1 is 1.08 bits per heavy atom. The second kappa shape index (κ2) is 7.53. The van der Waals surface area contributed by atoms with Gasteiger partial charge in [0.25, 0.3) is 5.91 Å². The van der Waals surface area contributed by atoms with E-state index in [-0.39, 0.29) is 16.5 Å². The average molecular weight is 387 g/mol. The van der Waals surface area contributed by atoms with Crippen LogP contribution < -0.4 is 10.0 Å². The zero-order valence-corrected chi connectivity index (χ0v) is 15.3. The number of halogens is 2. The Morgan fingerprint density at radius 3 is 2.46 bits per heavy atom. The molecule has 2 N–H and O–H groups in total. The minimum Gasteiger partial charge on any atom is -0.321 e. The molecule has 2 aromatic carbocycles. The smallest absolute Gasteiger partial charge is 0.255 e. The van der Waals surface area contributed by atoms with Gasteiger partial charge in [-0.25, -0.2) is 13.1 Å². The number of hydrogen-bond acceptors (Lipinski definition) is 3. The van der Waals surface area contributed by atoms with Crippen LogP contribution in [0.4, 0.5) is 5.69 Å². The molecule has 1 amide bonds. The summed E-state index contributed by atoms with van der Waals surface area (Å²) in [5.74, 6) is -0.485. The summed E-state index contributed by atoms with van der Waals surface area (Å²) >= 11 is 11.9. The van der Waals surface area contributed by atoms with E-state index in [9.17, 15) is 13.2 Å². The number of nitrogens with one attached hydrogen (secondary N) is 2. The fourth-order valence-electron chi connectivity index (χ4n) is 1.97. The molecule has 0 heterocycles. The van der Waals surface area contributed by atoms with Gasteiger partial charge in [0.2, 0.25) is 10.0 Å². The van der Waals surface area contributed by atoms with Gasteiger partial charge in [0.15, 0.2) is 0 Å². The van der Waals surface area contributed by atoms with E-state index in [2.05, 4.69) is 10.0 Å². The minimum atomic E-state index is -3.68. The molecule has 0 bridgehead atoms. The average Bonchev–Trinajstić information content (AvgIpc) is 2.50. The molecule has 0 spiro atoms. The van der Waals surface area contributed by atoms with Gasteiger partial charge in [0.1, 0.15) is 0 Å². The second-order valence-electron chi connectivity index (χ2n) is 5.38. The molecule has 2 aromatic rings. The van der Waals surface area contributed by atoms with Crippen molar-refractivity contribution in [2.75, 3.05) is 5.32 Å². The highest BCUT2D eigenvalue weighted by atomic mass is 35.5. The first-order valence-corrected chi connectivity index (χ1v) is 9.32. The van der Waals surface area contributed by atoms with E-state index < -0.39 is 15.9 Å². The molecule has 0 radical (unpaired) electrons. The van der Waals surface area contributed by atoms with Crippen molar-refractivity contribution < 1.29 is 13.2 Å². The van der Waals surface area contributed by atoms with Crippen LogP contribution in [0.25, 0.3) is 0 Å². The first-order valence-electron chi connectivity index (χ1n) is 7.08. The summed E-state index contributed by atoms with van der Waals surface area (Å²) in [6.45, 7) is 3.44. The van der Waals surface area contributed by atoms with Crippen LogP contribution in [-0.2, 0) is 10.0 Å². The Balaban J connectivity index is 2.28. The van der Waals surface area contributed by atoms with Crippen LogP contribution >= 0.6 is 23.2 Å². The van der Waals surface area contributed by atoms with Crippen molar-refractivity contribution in [1.29, 1.82) is 0 Å². The van der Waals surface area contributed by atoms with E-state index in [0.717, 1.165) is 0 Å². The van der Waals surface area contributed by atoms with Crippen LogP contribution in [0.3, 0.4) is 0 Å². The van der Waals surface area contributed by atoms with E-state index in [1.165, 1.54) is 30.3 Å². The Bertz CT molecular complexity index is 867. The second-order valence-corrected chi connectivity index (χ2v) is 7.94. The molecule has 0 aromatic heterocycles. The van der Waals surface area contributed by atoms with Crippen molar-refractivity contribution in [2.45, 2.75) is 24.8 Å². The fourth-order valence-corrected chi connectivity index (χ4v) is 3.60. The third-order valence-corrected chi connectivity index (χ3v) is 5.19. The Hall–Kier alpha value is -1.60. The highest BCUT2D eigenvalue weighted by Gasteiger charge is 2.17. The van der Waals surface area contributed by atoms with Gasteiger partial charge >= 0.3 is 0 Å². The van der Waals surface area contributed by atoms with Crippen LogP contribution in [0, 0.1) is 0 Å². The third-order valence-electron chi connectivity index (χ3n) is 2.97. The molecule has 128 valence electrons. The number of hydrogen-bond donors (Lipinski definition) is 2. The quantitative estimate of drug-likeness (QED) is 0.816. The summed E-state index contributed by atoms with van der Waals surface area (Å²) in [4.78, 5) is 12.4. The molecule has 0 saturated heterocycles. The predicted octanol–water partition coefficient (Wildman–Crippen LogP) is 3.93. The highest BCUT2D eigenvalue weighted by Crippen LogP contribution is 2.26. The van der Waals surface area contributed by atoms with Crippen LogP contribution in [0.5, 0.6) is 0 Å². The summed E-state index contributed by atoms with van der Waals surface area (Å²) < 4.78 is 26.9. The van der Waals surface area contributed by atoms with Crippen molar-refractivity contribution in [3.05, 3.63) is 58.1 Å². The molecule has 0 atom stereocenters. The number of sulfonamides is 1. The maximum Gasteiger partial charge on any atom is 0.255 e. The van der Waals surface area contributed by atoms with Crippen molar-refractivity contribution in [3.8, 4) is 0 Å². The van der Waals surface area contributed by atoms with E-state index in [0.29, 0.717) is 15.7 Å². The standard InChI is InChI=1S/C16H16Cl2N2O3S/c1-10(2)20-24(22,23)13-5-3-4-11(8-13)16(21)19-15-9-12(17)6-7-14(15)18/h3-10,20H,1-2H3,(H,19,21). The van der Waals surface area contributed by atoms with Crippen LogP contribution in [-0.4, -0.2) is 20.4 Å². The first kappa shape index (κ1) is 18.7. The Morgan fingerprint density at radius 2 is 1.79 bits per heavy atom. The van der Waals surface area contributed by atoms with Crippen molar-refractivity contribution in [3.63, 3.8) is 0 Å². The van der Waals surface area contributed by atoms with Crippen LogP contribution in [0.2, 0.25) is 10.0 Å². The molecule has 0 aliphatic carbocycles. The van der Waals surface area contributed by atoms with Gasteiger partial charge in [-0.05, 0) is 50.2 Å².